The maximum Gasteiger partial charge on any atom is 0.228 e. The molecule has 0 spiro atoms. The average Bonchev–Trinajstić information content (AvgIpc) is 2.75. The first-order valence-electron chi connectivity index (χ1n) is 5.55. The van der Waals surface area contributed by atoms with Crippen LogP contribution in [0.4, 0.5) is 10.1 Å². The molecule has 6 heteroatoms. The predicted molar refractivity (Wildman–Crippen MR) is 60.3 cm³/mol. The number of nitrogens with zero attached hydrogens (tertiary/aromatic N) is 1. The van der Waals surface area contributed by atoms with E-state index in [2.05, 4.69) is 16.1 Å². The fraction of sp³-hybridized carbons (Fsp3) is 0.364. The highest BCUT2D eigenvalue weighted by Crippen LogP contribution is 2.24. The summed E-state index contributed by atoms with van der Waals surface area (Å²) in [6.45, 7) is 1.04. The Morgan fingerprint density at radius 3 is 2.82 bits per heavy atom. The summed E-state index contributed by atoms with van der Waals surface area (Å²) in [6, 6.07) is 6.21. The second kappa shape index (κ2) is 3.97. The Morgan fingerprint density at radius 1 is 1.29 bits per heavy atom. The Labute approximate surface area is 98.0 Å². The summed E-state index contributed by atoms with van der Waals surface area (Å²) in [5.74, 6) is -0.335. The Bertz CT molecular complexity index is 436. The van der Waals surface area contributed by atoms with Crippen LogP contribution in [0, 0.1) is 11.7 Å². The predicted octanol–water partition coefficient (Wildman–Crippen LogP) is -0.231. The first kappa shape index (κ1) is 10.5. The fourth-order valence-electron chi connectivity index (χ4n) is 2.28. The number of carbonyl (C=O) groups excluding carboxylic acids is 1. The lowest BCUT2D eigenvalue weighted by molar-refractivity contribution is -0.126. The van der Waals surface area contributed by atoms with Gasteiger partial charge in [0.2, 0.25) is 5.91 Å². The number of rotatable bonds is 1. The highest BCUT2D eigenvalue weighted by Gasteiger charge is 2.41. The smallest absolute Gasteiger partial charge is 0.228 e. The standard InChI is InChI=1S/C11H13FN4O/c12-7-1-3-8(4-2-7)16-10-9(5-15-16)11(17)14-6-13-10/h1-4,9-10,13,15H,5-6H2,(H,14,17). The number of fused-ring (bicyclic) bond motifs is 1. The van der Waals surface area contributed by atoms with Gasteiger partial charge in [0.1, 0.15) is 12.0 Å². The summed E-state index contributed by atoms with van der Waals surface area (Å²) < 4.78 is 12.9. The first-order valence-corrected chi connectivity index (χ1v) is 5.55. The van der Waals surface area contributed by atoms with Gasteiger partial charge in [0.15, 0.2) is 0 Å². The molecule has 90 valence electrons. The van der Waals surface area contributed by atoms with Gasteiger partial charge in [-0.05, 0) is 24.3 Å². The molecule has 5 nitrogen and oxygen atoms in total. The van der Waals surface area contributed by atoms with Crippen molar-refractivity contribution in [3.05, 3.63) is 30.1 Å². The summed E-state index contributed by atoms with van der Waals surface area (Å²) in [5.41, 5.74) is 4.00. The molecule has 0 aromatic heterocycles. The number of hydrogen-bond acceptors (Lipinski definition) is 4. The summed E-state index contributed by atoms with van der Waals surface area (Å²) in [7, 11) is 0. The van der Waals surface area contributed by atoms with Gasteiger partial charge in [0, 0.05) is 6.54 Å². The molecule has 2 saturated heterocycles. The van der Waals surface area contributed by atoms with Crippen LogP contribution >= 0.6 is 0 Å². The van der Waals surface area contributed by atoms with Crippen molar-refractivity contribution in [3.8, 4) is 0 Å². The molecule has 2 aliphatic heterocycles. The van der Waals surface area contributed by atoms with Crippen LogP contribution in [-0.2, 0) is 4.79 Å². The third kappa shape index (κ3) is 1.75. The zero-order chi connectivity index (χ0) is 11.8. The van der Waals surface area contributed by atoms with E-state index in [1.54, 1.807) is 12.1 Å². The van der Waals surface area contributed by atoms with Gasteiger partial charge >= 0.3 is 0 Å². The molecule has 2 unspecified atom stereocenters. The van der Waals surface area contributed by atoms with Crippen molar-refractivity contribution in [3.63, 3.8) is 0 Å². The van der Waals surface area contributed by atoms with Crippen molar-refractivity contribution in [2.24, 2.45) is 5.92 Å². The summed E-state index contributed by atoms with van der Waals surface area (Å²) >= 11 is 0. The monoisotopic (exact) mass is 236 g/mol. The maximum absolute atomic E-state index is 12.9. The molecule has 0 saturated carbocycles. The third-order valence-electron chi connectivity index (χ3n) is 3.16. The molecule has 1 amide bonds. The number of hydrogen-bond donors (Lipinski definition) is 3. The number of hydrazine groups is 1. The lowest BCUT2D eigenvalue weighted by Gasteiger charge is -2.32. The molecule has 2 heterocycles. The van der Waals surface area contributed by atoms with E-state index >= 15 is 0 Å². The molecule has 1 aromatic rings. The van der Waals surface area contributed by atoms with E-state index in [1.807, 2.05) is 5.01 Å². The van der Waals surface area contributed by atoms with E-state index in [4.69, 9.17) is 0 Å². The summed E-state index contributed by atoms with van der Waals surface area (Å²) in [4.78, 5) is 11.6. The van der Waals surface area contributed by atoms with Crippen LogP contribution in [-0.4, -0.2) is 25.3 Å². The van der Waals surface area contributed by atoms with Gasteiger partial charge in [-0.15, -0.1) is 0 Å². The van der Waals surface area contributed by atoms with E-state index in [1.165, 1.54) is 12.1 Å². The van der Waals surface area contributed by atoms with Crippen LogP contribution in [0.5, 0.6) is 0 Å². The minimum atomic E-state index is -0.265. The molecule has 0 bridgehead atoms. The Hall–Kier alpha value is -1.66. The van der Waals surface area contributed by atoms with Crippen LogP contribution in [0.2, 0.25) is 0 Å². The van der Waals surface area contributed by atoms with Crippen molar-refractivity contribution in [2.45, 2.75) is 6.17 Å². The van der Waals surface area contributed by atoms with Gasteiger partial charge in [0.05, 0.1) is 18.3 Å². The van der Waals surface area contributed by atoms with Crippen molar-refractivity contribution < 1.29 is 9.18 Å². The minimum Gasteiger partial charge on any atom is -0.343 e. The van der Waals surface area contributed by atoms with Crippen molar-refractivity contribution >= 4 is 11.6 Å². The normalized spacial score (nSPS) is 27.8. The molecule has 2 fully saturated rings. The second-order valence-electron chi connectivity index (χ2n) is 4.18. The number of nitrogens with one attached hydrogen (secondary N) is 3. The number of anilines is 1. The van der Waals surface area contributed by atoms with Gasteiger partial charge in [-0.25, -0.2) is 9.82 Å². The van der Waals surface area contributed by atoms with Gasteiger partial charge in [-0.3, -0.25) is 15.1 Å². The number of halogens is 1. The minimum absolute atomic E-state index is 0.0471. The van der Waals surface area contributed by atoms with Crippen LogP contribution in [0.15, 0.2) is 24.3 Å². The van der Waals surface area contributed by atoms with Crippen molar-refractivity contribution in [1.82, 2.24) is 16.1 Å². The molecule has 0 aliphatic carbocycles. The zero-order valence-corrected chi connectivity index (χ0v) is 9.11. The Morgan fingerprint density at radius 2 is 2.06 bits per heavy atom. The molecule has 3 N–H and O–H groups in total. The molecule has 0 radical (unpaired) electrons. The number of amides is 1. The number of benzene rings is 1. The van der Waals surface area contributed by atoms with Crippen LogP contribution in [0.25, 0.3) is 0 Å². The van der Waals surface area contributed by atoms with E-state index in [0.717, 1.165) is 5.69 Å². The highest BCUT2D eigenvalue weighted by atomic mass is 19.1. The van der Waals surface area contributed by atoms with Gasteiger partial charge in [-0.2, -0.15) is 0 Å². The van der Waals surface area contributed by atoms with Gasteiger partial charge in [0.25, 0.3) is 0 Å². The Balaban J connectivity index is 1.85. The Kier molecular flexibility index (Phi) is 2.45. The maximum atomic E-state index is 12.9. The highest BCUT2D eigenvalue weighted by molar-refractivity contribution is 5.81. The molecule has 17 heavy (non-hydrogen) atoms. The van der Waals surface area contributed by atoms with Gasteiger partial charge < -0.3 is 5.32 Å². The lowest BCUT2D eigenvalue weighted by atomic mass is 10.1. The number of carbonyl (C=O) groups is 1. The molecular weight excluding hydrogens is 223 g/mol. The van der Waals surface area contributed by atoms with Crippen molar-refractivity contribution in [1.29, 1.82) is 0 Å². The van der Waals surface area contributed by atoms with E-state index < -0.39 is 0 Å². The van der Waals surface area contributed by atoms with Crippen LogP contribution in [0.3, 0.4) is 0 Å². The molecule has 2 aliphatic rings. The van der Waals surface area contributed by atoms with E-state index in [9.17, 15) is 9.18 Å². The van der Waals surface area contributed by atoms with Crippen molar-refractivity contribution in [2.75, 3.05) is 18.2 Å². The quantitative estimate of drug-likeness (QED) is 0.630. The summed E-state index contributed by atoms with van der Waals surface area (Å²) in [5, 5.41) is 7.85. The van der Waals surface area contributed by atoms with Crippen LogP contribution in [0.1, 0.15) is 0 Å². The largest absolute Gasteiger partial charge is 0.343 e. The zero-order valence-electron chi connectivity index (χ0n) is 9.11. The van der Waals surface area contributed by atoms with Crippen LogP contribution < -0.4 is 21.1 Å². The topological polar surface area (TPSA) is 56.4 Å². The second-order valence-corrected chi connectivity index (χ2v) is 4.18. The SMILES string of the molecule is O=C1NCNC2C1CNN2c1ccc(F)cc1. The van der Waals surface area contributed by atoms with E-state index in [0.29, 0.717) is 13.2 Å². The van der Waals surface area contributed by atoms with E-state index in [-0.39, 0.29) is 23.8 Å². The molecule has 3 rings (SSSR count). The molecule has 2 atom stereocenters. The third-order valence-corrected chi connectivity index (χ3v) is 3.16. The molecular formula is C11H13FN4O. The summed E-state index contributed by atoms with van der Waals surface area (Å²) in [6.07, 6.45) is -0.0748. The fourth-order valence-corrected chi connectivity index (χ4v) is 2.28. The lowest BCUT2D eigenvalue weighted by Crippen LogP contribution is -2.58. The average molecular weight is 236 g/mol. The van der Waals surface area contributed by atoms with Gasteiger partial charge in [-0.1, -0.05) is 0 Å². The molecule has 1 aromatic carbocycles. The first-order chi connectivity index (χ1) is 8.25.